The number of amides is 2. The summed E-state index contributed by atoms with van der Waals surface area (Å²) in [5.74, 6) is 0.407. The third kappa shape index (κ3) is 6.44. The van der Waals surface area contributed by atoms with Crippen LogP contribution in [0, 0.1) is 5.92 Å². The van der Waals surface area contributed by atoms with Gasteiger partial charge in [-0.15, -0.1) is 0 Å². The Morgan fingerprint density at radius 1 is 1.21 bits per heavy atom. The van der Waals surface area contributed by atoms with Gasteiger partial charge in [-0.2, -0.15) is 0 Å². The highest BCUT2D eigenvalue weighted by atomic mass is 32.2. The molecule has 0 bridgehead atoms. The summed E-state index contributed by atoms with van der Waals surface area (Å²) in [4.78, 5) is 35.3. The first-order valence-corrected chi connectivity index (χ1v) is 11.1. The average Bonchev–Trinajstić information content (AvgIpc) is 3.04. The standard InChI is InChI=1S/C22H27NO5S/c24-14-17-12-16(13-19-21(26)23-22(27)29-19)10-11-18(17)28-20(25)9-5-4-8-15-6-2-1-3-7-15/h10-13,15,24H,1-9,14H2,(H,23,26,27)/b19-13-. The van der Waals surface area contributed by atoms with Crippen molar-refractivity contribution in [3.8, 4) is 5.75 Å². The summed E-state index contributed by atoms with van der Waals surface area (Å²) >= 11 is 0.832. The molecule has 1 aromatic rings. The second kappa shape index (κ2) is 10.6. The zero-order valence-electron chi connectivity index (χ0n) is 16.4. The molecule has 2 amide bonds. The summed E-state index contributed by atoms with van der Waals surface area (Å²) in [6.45, 7) is -0.292. The van der Waals surface area contributed by atoms with Crippen LogP contribution in [-0.4, -0.2) is 22.2 Å². The molecule has 29 heavy (non-hydrogen) atoms. The number of imide groups is 1. The highest BCUT2D eigenvalue weighted by molar-refractivity contribution is 8.18. The Kier molecular flexibility index (Phi) is 7.89. The minimum absolute atomic E-state index is 0.292. The minimum Gasteiger partial charge on any atom is -0.426 e. The molecule has 1 saturated carbocycles. The van der Waals surface area contributed by atoms with Gasteiger partial charge in [-0.1, -0.05) is 51.0 Å². The van der Waals surface area contributed by atoms with Gasteiger partial charge in [0.05, 0.1) is 11.5 Å². The molecule has 2 fully saturated rings. The van der Waals surface area contributed by atoms with Crippen molar-refractivity contribution >= 4 is 35.0 Å². The predicted octanol–water partition coefficient (Wildman–Crippen LogP) is 4.55. The fraction of sp³-hybridized carbons (Fsp3) is 0.500. The topological polar surface area (TPSA) is 92.7 Å². The molecule has 0 radical (unpaired) electrons. The first-order valence-electron chi connectivity index (χ1n) is 10.2. The molecular weight excluding hydrogens is 390 g/mol. The predicted molar refractivity (Wildman–Crippen MR) is 112 cm³/mol. The molecule has 6 nitrogen and oxygen atoms in total. The Bertz CT molecular complexity index is 798. The molecule has 1 saturated heterocycles. The van der Waals surface area contributed by atoms with Crippen LogP contribution in [0.2, 0.25) is 0 Å². The molecular formula is C22H27NO5S. The second-order valence-corrected chi connectivity index (χ2v) is 8.62. The largest absolute Gasteiger partial charge is 0.426 e. The Balaban J connectivity index is 1.50. The van der Waals surface area contributed by atoms with Crippen molar-refractivity contribution < 1.29 is 24.2 Å². The van der Waals surface area contributed by atoms with Crippen LogP contribution in [0.5, 0.6) is 5.75 Å². The van der Waals surface area contributed by atoms with Crippen molar-refractivity contribution in [2.75, 3.05) is 0 Å². The van der Waals surface area contributed by atoms with Crippen molar-refractivity contribution in [3.63, 3.8) is 0 Å². The lowest BCUT2D eigenvalue weighted by molar-refractivity contribution is -0.134. The minimum atomic E-state index is -0.436. The van der Waals surface area contributed by atoms with Crippen LogP contribution >= 0.6 is 11.8 Å². The molecule has 0 unspecified atom stereocenters. The molecule has 0 aromatic heterocycles. The molecule has 3 rings (SSSR count). The Morgan fingerprint density at radius 2 is 2.00 bits per heavy atom. The number of aliphatic hydroxyl groups is 1. The van der Waals surface area contributed by atoms with Crippen LogP contribution in [0.4, 0.5) is 4.79 Å². The third-order valence-electron chi connectivity index (χ3n) is 5.39. The van der Waals surface area contributed by atoms with E-state index in [1.807, 2.05) is 0 Å². The van der Waals surface area contributed by atoms with Gasteiger partial charge in [0.25, 0.3) is 11.1 Å². The summed E-state index contributed by atoms with van der Waals surface area (Å²) in [5.41, 5.74) is 1.11. The highest BCUT2D eigenvalue weighted by Crippen LogP contribution is 2.29. The molecule has 1 aromatic carbocycles. The van der Waals surface area contributed by atoms with Gasteiger partial charge in [-0.05, 0) is 47.9 Å². The molecule has 1 heterocycles. The number of nitrogens with one attached hydrogen (secondary N) is 1. The maximum absolute atomic E-state index is 12.2. The fourth-order valence-corrected chi connectivity index (χ4v) is 4.52. The van der Waals surface area contributed by atoms with Crippen LogP contribution in [0.15, 0.2) is 23.1 Å². The van der Waals surface area contributed by atoms with Gasteiger partial charge in [-0.3, -0.25) is 19.7 Å². The lowest BCUT2D eigenvalue weighted by atomic mass is 9.86. The molecule has 0 spiro atoms. The Labute approximate surface area is 175 Å². The number of benzene rings is 1. The zero-order chi connectivity index (χ0) is 20.6. The normalized spacial score (nSPS) is 18.9. The average molecular weight is 418 g/mol. The summed E-state index contributed by atoms with van der Waals surface area (Å²) in [5, 5.41) is 11.4. The van der Waals surface area contributed by atoms with Crippen LogP contribution in [0.25, 0.3) is 6.08 Å². The summed E-state index contributed by atoms with van der Waals surface area (Å²) in [6, 6.07) is 4.95. The van der Waals surface area contributed by atoms with Crippen molar-refractivity contribution in [3.05, 3.63) is 34.2 Å². The van der Waals surface area contributed by atoms with Crippen molar-refractivity contribution in [1.29, 1.82) is 0 Å². The monoisotopic (exact) mass is 417 g/mol. The van der Waals surface area contributed by atoms with E-state index in [9.17, 15) is 19.5 Å². The smallest absolute Gasteiger partial charge is 0.311 e. The molecule has 156 valence electrons. The van der Waals surface area contributed by atoms with Gasteiger partial charge in [0.15, 0.2) is 0 Å². The van der Waals surface area contributed by atoms with Crippen LogP contribution in [-0.2, 0) is 16.2 Å². The lowest BCUT2D eigenvalue weighted by Gasteiger charge is -2.21. The van der Waals surface area contributed by atoms with Crippen LogP contribution in [0.3, 0.4) is 0 Å². The van der Waals surface area contributed by atoms with Crippen LogP contribution < -0.4 is 10.1 Å². The maximum atomic E-state index is 12.2. The van der Waals surface area contributed by atoms with E-state index in [0.29, 0.717) is 28.2 Å². The third-order valence-corrected chi connectivity index (χ3v) is 6.20. The number of hydrogen-bond acceptors (Lipinski definition) is 6. The number of esters is 1. The summed E-state index contributed by atoms with van der Waals surface area (Å²) in [7, 11) is 0. The zero-order valence-corrected chi connectivity index (χ0v) is 17.3. The number of rotatable bonds is 8. The quantitative estimate of drug-likeness (QED) is 0.279. The molecule has 1 aliphatic heterocycles. The Morgan fingerprint density at radius 3 is 2.69 bits per heavy atom. The van der Waals surface area contributed by atoms with E-state index in [1.165, 1.54) is 38.5 Å². The SMILES string of the molecule is O=C(CCCCC1CCCCC1)Oc1ccc(/C=C2\SC(=O)NC2=O)cc1CO. The summed E-state index contributed by atoms with van der Waals surface area (Å²) < 4.78 is 5.43. The van der Waals surface area contributed by atoms with Gasteiger partial charge in [0.1, 0.15) is 5.75 Å². The van der Waals surface area contributed by atoms with Gasteiger partial charge < -0.3 is 9.84 Å². The van der Waals surface area contributed by atoms with Crippen molar-refractivity contribution in [2.45, 2.75) is 64.4 Å². The molecule has 2 N–H and O–H groups in total. The van der Waals surface area contributed by atoms with Gasteiger partial charge >= 0.3 is 5.97 Å². The first-order chi connectivity index (χ1) is 14.0. The van der Waals surface area contributed by atoms with Crippen molar-refractivity contribution in [2.24, 2.45) is 5.92 Å². The number of aliphatic hydroxyl groups excluding tert-OH is 1. The van der Waals surface area contributed by atoms with E-state index in [1.54, 1.807) is 24.3 Å². The van der Waals surface area contributed by atoms with Gasteiger partial charge in [0, 0.05) is 12.0 Å². The fourth-order valence-electron chi connectivity index (χ4n) is 3.84. The number of thioether (sulfide) groups is 1. The van der Waals surface area contributed by atoms with E-state index in [-0.39, 0.29) is 12.6 Å². The number of ether oxygens (including phenoxy) is 1. The molecule has 0 atom stereocenters. The van der Waals surface area contributed by atoms with Gasteiger partial charge in [-0.25, -0.2) is 0 Å². The molecule has 2 aliphatic rings. The van der Waals surface area contributed by atoms with E-state index in [0.717, 1.165) is 30.5 Å². The van der Waals surface area contributed by atoms with Crippen LogP contribution in [0.1, 0.15) is 68.9 Å². The molecule has 7 heteroatoms. The molecule has 1 aliphatic carbocycles. The summed E-state index contributed by atoms with van der Waals surface area (Å²) in [6.07, 6.45) is 11.6. The maximum Gasteiger partial charge on any atom is 0.311 e. The Hall–Kier alpha value is -2.12. The van der Waals surface area contributed by atoms with Gasteiger partial charge in [0.2, 0.25) is 0 Å². The van der Waals surface area contributed by atoms with E-state index in [2.05, 4.69) is 5.32 Å². The number of unbranched alkanes of at least 4 members (excludes halogenated alkanes) is 1. The van der Waals surface area contributed by atoms with E-state index in [4.69, 9.17) is 4.74 Å². The van der Waals surface area contributed by atoms with E-state index < -0.39 is 11.1 Å². The lowest BCUT2D eigenvalue weighted by Crippen LogP contribution is -2.17. The number of carbonyl (C=O) groups is 3. The first kappa shape index (κ1) is 21.6. The van der Waals surface area contributed by atoms with E-state index >= 15 is 0 Å². The number of carbonyl (C=O) groups excluding carboxylic acids is 3. The van der Waals surface area contributed by atoms with Crippen molar-refractivity contribution in [1.82, 2.24) is 5.32 Å². The second-order valence-electron chi connectivity index (χ2n) is 7.60. The highest BCUT2D eigenvalue weighted by Gasteiger charge is 2.25. The number of hydrogen-bond donors (Lipinski definition) is 2.